The number of aryl methyl sites for hydroxylation is 2. The maximum absolute atomic E-state index is 13.2. The fraction of sp³-hybridized carbons (Fsp3) is 0.385. The van der Waals surface area contributed by atoms with E-state index >= 15 is 0 Å². The van der Waals surface area contributed by atoms with Crippen LogP contribution in [0.1, 0.15) is 31.1 Å². The van der Waals surface area contributed by atoms with Crippen LogP contribution < -0.4 is 0 Å². The molecule has 2 rings (SSSR count). The van der Waals surface area contributed by atoms with Gasteiger partial charge in [-0.1, -0.05) is 19.9 Å². The molecule has 0 aliphatic rings. The Labute approximate surface area is 114 Å². The Bertz CT molecular complexity index is 551. The highest BCUT2D eigenvalue weighted by molar-refractivity contribution is 9.10. The lowest BCUT2D eigenvalue weighted by molar-refractivity contribution is 0.613. The molecule has 1 aromatic carbocycles. The SMILES string of the molecule is CCc1nc(CC)n(Cc2ccc(F)c(Br)c2)n1. The van der Waals surface area contributed by atoms with E-state index in [1.54, 1.807) is 12.1 Å². The van der Waals surface area contributed by atoms with Gasteiger partial charge in [-0.3, -0.25) is 0 Å². The summed E-state index contributed by atoms with van der Waals surface area (Å²) in [7, 11) is 0. The normalized spacial score (nSPS) is 10.9. The second kappa shape index (κ2) is 5.61. The topological polar surface area (TPSA) is 30.7 Å². The third kappa shape index (κ3) is 2.77. The van der Waals surface area contributed by atoms with Gasteiger partial charge in [0.1, 0.15) is 11.6 Å². The summed E-state index contributed by atoms with van der Waals surface area (Å²) in [5.74, 6) is 1.57. The first kappa shape index (κ1) is 13.2. The Morgan fingerprint density at radius 2 is 2.06 bits per heavy atom. The predicted molar refractivity (Wildman–Crippen MR) is 72.0 cm³/mol. The molecule has 2 aromatic rings. The number of hydrogen-bond acceptors (Lipinski definition) is 2. The zero-order valence-electron chi connectivity index (χ0n) is 10.5. The van der Waals surface area contributed by atoms with E-state index in [9.17, 15) is 4.39 Å². The molecule has 0 saturated heterocycles. The Balaban J connectivity index is 2.27. The predicted octanol–water partition coefficient (Wildman–Crippen LogP) is 3.35. The Kier molecular flexibility index (Phi) is 4.11. The van der Waals surface area contributed by atoms with Crippen LogP contribution >= 0.6 is 15.9 Å². The van der Waals surface area contributed by atoms with Crippen LogP contribution in [-0.4, -0.2) is 14.8 Å². The molecular formula is C13H15BrFN3. The quantitative estimate of drug-likeness (QED) is 0.867. The molecular weight excluding hydrogens is 297 g/mol. The lowest BCUT2D eigenvalue weighted by Gasteiger charge is -2.05. The van der Waals surface area contributed by atoms with Crippen molar-refractivity contribution in [1.29, 1.82) is 0 Å². The van der Waals surface area contributed by atoms with Gasteiger partial charge in [0.15, 0.2) is 5.82 Å². The summed E-state index contributed by atoms with van der Waals surface area (Å²) in [6.45, 7) is 4.71. The van der Waals surface area contributed by atoms with Gasteiger partial charge in [0.05, 0.1) is 11.0 Å². The van der Waals surface area contributed by atoms with Gasteiger partial charge in [-0.05, 0) is 33.6 Å². The van der Waals surface area contributed by atoms with Crippen LogP contribution in [0.2, 0.25) is 0 Å². The molecule has 0 amide bonds. The highest BCUT2D eigenvalue weighted by atomic mass is 79.9. The molecule has 1 aromatic heterocycles. The second-order valence-electron chi connectivity index (χ2n) is 4.06. The maximum Gasteiger partial charge on any atom is 0.150 e. The summed E-state index contributed by atoms with van der Waals surface area (Å²) in [5.41, 5.74) is 1.01. The van der Waals surface area contributed by atoms with E-state index in [-0.39, 0.29) is 5.82 Å². The van der Waals surface area contributed by atoms with Crippen molar-refractivity contribution in [2.45, 2.75) is 33.2 Å². The molecule has 0 saturated carbocycles. The van der Waals surface area contributed by atoms with Crippen LogP contribution in [0, 0.1) is 5.82 Å². The Morgan fingerprint density at radius 1 is 1.28 bits per heavy atom. The molecule has 0 atom stereocenters. The molecule has 0 radical (unpaired) electrons. The van der Waals surface area contributed by atoms with E-state index in [4.69, 9.17) is 0 Å². The summed E-state index contributed by atoms with van der Waals surface area (Å²) in [6.07, 6.45) is 1.67. The maximum atomic E-state index is 13.2. The van der Waals surface area contributed by atoms with Gasteiger partial charge in [-0.2, -0.15) is 5.10 Å². The Morgan fingerprint density at radius 3 is 2.67 bits per heavy atom. The van der Waals surface area contributed by atoms with Gasteiger partial charge in [-0.25, -0.2) is 14.1 Å². The fourth-order valence-electron chi connectivity index (χ4n) is 1.77. The minimum absolute atomic E-state index is 0.248. The van der Waals surface area contributed by atoms with Crippen LogP contribution in [0.15, 0.2) is 22.7 Å². The smallest absolute Gasteiger partial charge is 0.150 e. The van der Waals surface area contributed by atoms with E-state index < -0.39 is 0 Å². The largest absolute Gasteiger partial charge is 0.245 e. The summed E-state index contributed by atoms with van der Waals surface area (Å²) in [5, 5.41) is 4.44. The molecule has 0 N–H and O–H groups in total. The van der Waals surface area contributed by atoms with Crippen molar-refractivity contribution >= 4 is 15.9 Å². The summed E-state index contributed by atoms with van der Waals surface area (Å²) in [4.78, 5) is 4.45. The van der Waals surface area contributed by atoms with Crippen LogP contribution in [-0.2, 0) is 19.4 Å². The highest BCUT2D eigenvalue weighted by Crippen LogP contribution is 2.17. The van der Waals surface area contributed by atoms with E-state index in [0.29, 0.717) is 11.0 Å². The van der Waals surface area contributed by atoms with Crippen molar-refractivity contribution in [3.8, 4) is 0 Å². The standard InChI is InChI=1S/C13H15BrFN3/c1-3-12-16-13(4-2)18(17-12)8-9-5-6-11(15)10(14)7-9/h5-7H,3-4,8H2,1-2H3. The minimum Gasteiger partial charge on any atom is -0.245 e. The third-order valence-corrected chi connectivity index (χ3v) is 3.35. The number of aromatic nitrogens is 3. The van der Waals surface area contributed by atoms with Gasteiger partial charge in [0.2, 0.25) is 0 Å². The molecule has 5 heteroatoms. The third-order valence-electron chi connectivity index (χ3n) is 2.74. The van der Waals surface area contributed by atoms with Gasteiger partial charge in [-0.15, -0.1) is 0 Å². The Hall–Kier alpha value is -1.23. The zero-order chi connectivity index (χ0) is 13.1. The second-order valence-corrected chi connectivity index (χ2v) is 4.91. The van der Waals surface area contributed by atoms with E-state index in [2.05, 4.69) is 32.9 Å². The highest BCUT2D eigenvalue weighted by Gasteiger charge is 2.08. The molecule has 0 bridgehead atoms. The van der Waals surface area contributed by atoms with Gasteiger partial charge in [0, 0.05) is 12.8 Å². The van der Waals surface area contributed by atoms with Crippen molar-refractivity contribution in [2.24, 2.45) is 0 Å². The summed E-state index contributed by atoms with van der Waals surface area (Å²) < 4.78 is 15.5. The van der Waals surface area contributed by atoms with E-state index in [1.165, 1.54) is 6.07 Å². The number of nitrogens with zero attached hydrogens (tertiary/aromatic N) is 3. The number of rotatable bonds is 4. The van der Waals surface area contributed by atoms with Crippen molar-refractivity contribution in [1.82, 2.24) is 14.8 Å². The molecule has 18 heavy (non-hydrogen) atoms. The van der Waals surface area contributed by atoms with Crippen molar-refractivity contribution in [3.05, 3.63) is 45.7 Å². The molecule has 96 valence electrons. The van der Waals surface area contributed by atoms with E-state index in [0.717, 1.165) is 30.1 Å². The van der Waals surface area contributed by atoms with Crippen LogP contribution in [0.5, 0.6) is 0 Å². The fourth-order valence-corrected chi connectivity index (χ4v) is 2.20. The van der Waals surface area contributed by atoms with Crippen molar-refractivity contribution in [2.75, 3.05) is 0 Å². The molecule has 3 nitrogen and oxygen atoms in total. The average Bonchev–Trinajstić information content (AvgIpc) is 2.76. The van der Waals surface area contributed by atoms with Crippen LogP contribution in [0.3, 0.4) is 0 Å². The minimum atomic E-state index is -0.248. The lowest BCUT2D eigenvalue weighted by Crippen LogP contribution is -2.06. The van der Waals surface area contributed by atoms with Gasteiger partial charge < -0.3 is 0 Å². The molecule has 0 fully saturated rings. The average molecular weight is 312 g/mol. The monoisotopic (exact) mass is 311 g/mol. The van der Waals surface area contributed by atoms with Gasteiger partial charge >= 0.3 is 0 Å². The van der Waals surface area contributed by atoms with Crippen molar-refractivity contribution in [3.63, 3.8) is 0 Å². The first-order valence-corrected chi connectivity index (χ1v) is 6.79. The molecule has 0 aliphatic carbocycles. The molecule has 0 unspecified atom stereocenters. The summed E-state index contributed by atoms with van der Waals surface area (Å²) in [6, 6.07) is 5.01. The number of benzene rings is 1. The number of hydrogen-bond donors (Lipinski definition) is 0. The molecule has 1 heterocycles. The van der Waals surface area contributed by atoms with Crippen LogP contribution in [0.4, 0.5) is 4.39 Å². The first-order valence-electron chi connectivity index (χ1n) is 6.00. The lowest BCUT2D eigenvalue weighted by atomic mass is 10.2. The van der Waals surface area contributed by atoms with Gasteiger partial charge in [0.25, 0.3) is 0 Å². The first-order chi connectivity index (χ1) is 8.63. The van der Waals surface area contributed by atoms with Crippen molar-refractivity contribution < 1.29 is 4.39 Å². The molecule has 0 aliphatic heterocycles. The number of halogens is 2. The molecule has 0 spiro atoms. The van der Waals surface area contributed by atoms with E-state index in [1.807, 2.05) is 11.6 Å². The summed E-state index contributed by atoms with van der Waals surface area (Å²) >= 11 is 3.19. The zero-order valence-corrected chi connectivity index (χ0v) is 12.0. The van der Waals surface area contributed by atoms with Crippen LogP contribution in [0.25, 0.3) is 0 Å².